The van der Waals surface area contributed by atoms with Crippen molar-refractivity contribution in [3.8, 4) is 0 Å². The van der Waals surface area contributed by atoms with E-state index in [4.69, 9.17) is 5.73 Å². The average molecular weight is 194 g/mol. The standard InChI is InChI=1S/C11H18N2O/c1-8(2)11(14)10(7-12)9-3-5-13-6-4-9/h3-6,8,10-11,14H,7,12H2,1-2H3. The van der Waals surface area contributed by atoms with Gasteiger partial charge in [-0.25, -0.2) is 0 Å². The summed E-state index contributed by atoms with van der Waals surface area (Å²) in [6.07, 6.45) is 3.07. The number of aromatic nitrogens is 1. The van der Waals surface area contributed by atoms with Crippen molar-refractivity contribution >= 4 is 0 Å². The summed E-state index contributed by atoms with van der Waals surface area (Å²) >= 11 is 0. The first-order chi connectivity index (χ1) is 6.66. The van der Waals surface area contributed by atoms with Gasteiger partial charge in [0.05, 0.1) is 6.10 Å². The molecule has 1 rings (SSSR count). The smallest absolute Gasteiger partial charge is 0.0643 e. The second-order valence-corrected chi connectivity index (χ2v) is 3.86. The van der Waals surface area contributed by atoms with Gasteiger partial charge in [-0.2, -0.15) is 0 Å². The van der Waals surface area contributed by atoms with Crippen LogP contribution in [0.5, 0.6) is 0 Å². The highest BCUT2D eigenvalue weighted by atomic mass is 16.3. The van der Waals surface area contributed by atoms with Crippen molar-refractivity contribution in [2.45, 2.75) is 25.9 Å². The predicted molar refractivity (Wildman–Crippen MR) is 56.9 cm³/mol. The largest absolute Gasteiger partial charge is 0.392 e. The molecule has 3 N–H and O–H groups in total. The van der Waals surface area contributed by atoms with Crippen molar-refractivity contribution in [2.75, 3.05) is 6.54 Å². The molecule has 0 aliphatic heterocycles. The minimum Gasteiger partial charge on any atom is -0.392 e. The van der Waals surface area contributed by atoms with Gasteiger partial charge in [-0.1, -0.05) is 13.8 Å². The Labute approximate surface area is 85.0 Å². The molecule has 1 heterocycles. The van der Waals surface area contributed by atoms with Gasteiger partial charge in [-0.3, -0.25) is 4.98 Å². The molecule has 0 saturated carbocycles. The van der Waals surface area contributed by atoms with Crippen molar-refractivity contribution in [1.82, 2.24) is 4.98 Å². The number of nitrogens with zero attached hydrogens (tertiary/aromatic N) is 1. The Morgan fingerprint density at radius 1 is 1.36 bits per heavy atom. The lowest BCUT2D eigenvalue weighted by molar-refractivity contribution is 0.0985. The van der Waals surface area contributed by atoms with Crippen LogP contribution in [0.15, 0.2) is 24.5 Å². The summed E-state index contributed by atoms with van der Waals surface area (Å²) in [5.74, 6) is 0.231. The minimum atomic E-state index is -0.387. The maximum Gasteiger partial charge on any atom is 0.0643 e. The molecule has 0 aliphatic carbocycles. The third kappa shape index (κ3) is 2.53. The molecule has 0 spiro atoms. The lowest BCUT2D eigenvalue weighted by Crippen LogP contribution is -2.29. The molecule has 0 amide bonds. The van der Waals surface area contributed by atoms with Gasteiger partial charge in [0.15, 0.2) is 0 Å². The van der Waals surface area contributed by atoms with E-state index >= 15 is 0 Å². The van der Waals surface area contributed by atoms with Crippen LogP contribution >= 0.6 is 0 Å². The Bertz CT molecular complexity index is 261. The van der Waals surface area contributed by atoms with Crippen molar-refractivity contribution in [1.29, 1.82) is 0 Å². The van der Waals surface area contributed by atoms with Crippen molar-refractivity contribution < 1.29 is 5.11 Å². The van der Waals surface area contributed by atoms with E-state index in [2.05, 4.69) is 4.98 Å². The highest BCUT2D eigenvalue weighted by Crippen LogP contribution is 2.22. The van der Waals surface area contributed by atoms with Gasteiger partial charge in [0.1, 0.15) is 0 Å². The molecule has 0 fully saturated rings. The zero-order valence-corrected chi connectivity index (χ0v) is 8.72. The van der Waals surface area contributed by atoms with E-state index in [0.717, 1.165) is 5.56 Å². The van der Waals surface area contributed by atoms with E-state index in [9.17, 15) is 5.11 Å². The number of hydrogen-bond donors (Lipinski definition) is 2. The van der Waals surface area contributed by atoms with Gasteiger partial charge in [-0.05, 0) is 23.6 Å². The number of nitrogens with two attached hydrogens (primary N) is 1. The number of hydrogen-bond acceptors (Lipinski definition) is 3. The zero-order chi connectivity index (χ0) is 10.6. The highest BCUT2D eigenvalue weighted by Gasteiger charge is 2.22. The van der Waals surface area contributed by atoms with Crippen LogP contribution in [-0.4, -0.2) is 22.7 Å². The maximum absolute atomic E-state index is 9.94. The van der Waals surface area contributed by atoms with Crippen LogP contribution in [-0.2, 0) is 0 Å². The second-order valence-electron chi connectivity index (χ2n) is 3.86. The maximum atomic E-state index is 9.94. The molecule has 1 aromatic rings. The molecular weight excluding hydrogens is 176 g/mol. The van der Waals surface area contributed by atoms with Crippen LogP contribution < -0.4 is 5.73 Å². The Kier molecular flexibility index (Phi) is 4.04. The Morgan fingerprint density at radius 2 is 1.93 bits per heavy atom. The Hall–Kier alpha value is -0.930. The summed E-state index contributed by atoms with van der Waals surface area (Å²) in [6, 6.07) is 3.81. The summed E-state index contributed by atoms with van der Waals surface area (Å²) in [5.41, 5.74) is 6.72. The van der Waals surface area contributed by atoms with Crippen LogP contribution in [0.1, 0.15) is 25.3 Å². The number of aliphatic hydroxyl groups is 1. The Morgan fingerprint density at radius 3 is 2.36 bits per heavy atom. The molecular formula is C11H18N2O. The first-order valence-electron chi connectivity index (χ1n) is 4.95. The first kappa shape index (κ1) is 11.1. The molecule has 14 heavy (non-hydrogen) atoms. The fourth-order valence-corrected chi connectivity index (χ4v) is 1.55. The van der Waals surface area contributed by atoms with Crippen LogP contribution in [0.3, 0.4) is 0 Å². The molecule has 0 radical (unpaired) electrons. The van der Waals surface area contributed by atoms with Gasteiger partial charge < -0.3 is 10.8 Å². The molecule has 3 nitrogen and oxygen atoms in total. The summed E-state index contributed by atoms with van der Waals surface area (Å²) < 4.78 is 0. The number of aliphatic hydroxyl groups excluding tert-OH is 1. The second kappa shape index (κ2) is 5.08. The third-order valence-corrected chi connectivity index (χ3v) is 2.48. The zero-order valence-electron chi connectivity index (χ0n) is 8.72. The molecule has 0 bridgehead atoms. The topological polar surface area (TPSA) is 59.1 Å². The lowest BCUT2D eigenvalue weighted by atomic mass is 9.88. The van der Waals surface area contributed by atoms with E-state index in [-0.39, 0.29) is 17.9 Å². The number of rotatable bonds is 4. The molecule has 1 aromatic heterocycles. The SMILES string of the molecule is CC(C)C(O)C(CN)c1ccncc1. The summed E-state index contributed by atoms with van der Waals surface area (Å²) in [4.78, 5) is 3.94. The molecule has 0 aromatic carbocycles. The van der Waals surface area contributed by atoms with Crippen LogP contribution in [0, 0.1) is 5.92 Å². The van der Waals surface area contributed by atoms with E-state index in [1.807, 2.05) is 26.0 Å². The third-order valence-electron chi connectivity index (χ3n) is 2.48. The fourth-order valence-electron chi connectivity index (χ4n) is 1.55. The molecule has 2 unspecified atom stereocenters. The molecule has 0 saturated heterocycles. The highest BCUT2D eigenvalue weighted by molar-refractivity contribution is 5.17. The summed E-state index contributed by atoms with van der Waals surface area (Å²) in [6.45, 7) is 4.45. The van der Waals surface area contributed by atoms with Gasteiger partial charge in [-0.15, -0.1) is 0 Å². The van der Waals surface area contributed by atoms with E-state index in [1.54, 1.807) is 12.4 Å². The van der Waals surface area contributed by atoms with Gasteiger partial charge in [0.2, 0.25) is 0 Å². The van der Waals surface area contributed by atoms with Crippen LogP contribution in [0.4, 0.5) is 0 Å². The fraction of sp³-hybridized carbons (Fsp3) is 0.545. The van der Waals surface area contributed by atoms with Crippen molar-refractivity contribution in [3.05, 3.63) is 30.1 Å². The predicted octanol–water partition coefficient (Wildman–Crippen LogP) is 1.14. The van der Waals surface area contributed by atoms with Gasteiger partial charge >= 0.3 is 0 Å². The van der Waals surface area contributed by atoms with Crippen LogP contribution in [0.2, 0.25) is 0 Å². The van der Waals surface area contributed by atoms with E-state index < -0.39 is 0 Å². The normalized spacial score (nSPS) is 15.5. The monoisotopic (exact) mass is 194 g/mol. The van der Waals surface area contributed by atoms with E-state index in [1.165, 1.54) is 0 Å². The van der Waals surface area contributed by atoms with Gasteiger partial charge in [0, 0.05) is 24.9 Å². The number of pyridine rings is 1. The Balaban J connectivity index is 2.82. The van der Waals surface area contributed by atoms with Crippen molar-refractivity contribution in [2.24, 2.45) is 11.7 Å². The first-order valence-corrected chi connectivity index (χ1v) is 4.95. The lowest BCUT2D eigenvalue weighted by Gasteiger charge is -2.24. The average Bonchev–Trinajstić information content (AvgIpc) is 2.20. The summed E-state index contributed by atoms with van der Waals surface area (Å²) in [5, 5.41) is 9.94. The van der Waals surface area contributed by atoms with Crippen molar-refractivity contribution in [3.63, 3.8) is 0 Å². The summed E-state index contributed by atoms with van der Waals surface area (Å²) in [7, 11) is 0. The molecule has 78 valence electrons. The van der Waals surface area contributed by atoms with Gasteiger partial charge in [0.25, 0.3) is 0 Å². The minimum absolute atomic E-state index is 0.0120. The molecule has 3 heteroatoms. The molecule has 2 atom stereocenters. The quantitative estimate of drug-likeness (QED) is 0.755. The van der Waals surface area contributed by atoms with E-state index in [0.29, 0.717) is 6.54 Å². The molecule has 0 aliphatic rings. The van der Waals surface area contributed by atoms with Crippen LogP contribution in [0.25, 0.3) is 0 Å².